The number of aliphatic imine (C=N–C) groups is 1. The molecule has 1 aromatic carbocycles. The van der Waals surface area contributed by atoms with Crippen LogP contribution in [0.3, 0.4) is 0 Å². The summed E-state index contributed by atoms with van der Waals surface area (Å²) in [5.74, 6) is 0.0547. The number of hydrogen-bond donors (Lipinski definition) is 1. The van der Waals surface area contributed by atoms with E-state index in [0.717, 1.165) is 11.1 Å². The summed E-state index contributed by atoms with van der Waals surface area (Å²) < 4.78 is 10.5. The molecule has 0 aliphatic rings. The maximum absolute atomic E-state index is 12.1. The lowest BCUT2D eigenvalue weighted by Gasteiger charge is -2.25. The fourth-order valence-corrected chi connectivity index (χ4v) is 2.02. The van der Waals surface area contributed by atoms with Crippen LogP contribution in [-0.4, -0.2) is 41.3 Å². The van der Waals surface area contributed by atoms with Crippen LogP contribution in [0.15, 0.2) is 29.3 Å². The third-order valence-corrected chi connectivity index (χ3v) is 3.11. The van der Waals surface area contributed by atoms with E-state index in [0.29, 0.717) is 6.54 Å². The Morgan fingerprint density at radius 2 is 1.52 bits per heavy atom. The van der Waals surface area contributed by atoms with Crippen LogP contribution in [0.1, 0.15) is 52.7 Å². The van der Waals surface area contributed by atoms with Gasteiger partial charge in [0.25, 0.3) is 0 Å². The molecule has 0 saturated carbocycles. The minimum absolute atomic E-state index is 0.0547. The number of carbonyl (C=O) groups is 2. The topological polar surface area (TPSA) is 80.2 Å². The number of carbonyl (C=O) groups excluding carboxylic acids is 2. The Morgan fingerprint density at radius 3 is 2.00 bits per heavy atom. The van der Waals surface area contributed by atoms with Crippen molar-refractivity contribution in [3.8, 4) is 0 Å². The van der Waals surface area contributed by atoms with Crippen molar-refractivity contribution in [3.63, 3.8) is 0 Å². The number of rotatable bonds is 2. The van der Waals surface area contributed by atoms with Crippen molar-refractivity contribution in [2.24, 2.45) is 4.99 Å². The molecule has 0 bridgehead atoms. The van der Waals surface area contributed by atoms with Gasteiger partial charge in [0, 0.05) is 13.6 Å². The summed E-state index contributed by atoms with van der Waals surface area (Å²) in [6.45, 7) is 13.0. The highest BCUT2D eigenvalue weighted by Crippen LogP contribution is 2.11. The molecule has 1 rings (SSSR count). The van der Waals surface area contributed by atoms with Gasteiger partial charge < -0.3 is 14.4 Å². The summed E-state index contributed by atoms with van der Waals surface area (Å²) in [6, 6.07) is 7.94. The minimum Gasteiger partial charge on any atom is -0.444 e. The second kappa shape index (κ2) is 8.88. The van der Waals surface area contributed by atoms with Crippen molar-refractivity contribution < 1.29 is 19.1 Å². The van der Waals surface area contributed by atoms with Gasteiger partial charge in [-0.3, -0.25) is 5.32 Å². The maximum atomic E-state index is 12.1. The monoisotopic (exact) mass is 377 g/mol. The largest absolute Gasteiger partial charge is 0.444 e. The molecule has 0 radical (unpaired) electrons. The van der Waals surface area contributed by atoms with E-state index in [2.05, 4.69) is 10.3 Å². The van der Waals surface area contributed by atoms with Gasteiger partial charge in [-0.15, -0.1) is 4.99 Å². The fraction of sp³-hybridized carbons (Fsp3) is 0.550. The average molecular weight is 377 g/mol. The molecule has 7 heteroatoms. The molecule has 1 aromatic rings. The molecule has 150 valence electrons. The molecular weight excluding hydrogens is 346 g/mol. The molecule has 7 nitrogen and oxygen atoms in total. The second-order valence-electron chi connectivity index (χ2n) is 8.38. The molecule has 0 saturated heterocycles. The second-order valence-corrected chi connectivity index (χ2v) is 8.38. The number of benzene rings is 1. The first-order chi connectivity index (χ1) is 12.2. The predicted octanol–water partition coefficient (Wildman–Crippen LogP) is 4.24. The number of aryl methyl sites for hydroxylation is 1. The Balaban J connectivity index is 2.99. The van der Waals surface area contributed by atoms with E-state index in [1.807, 2.05) is 31.2 Å². The molecule has 27 heavy (non-hydrogen) atoms. The van der Waals surface area contributed by atoms with Gasteiger partial charge in [0.1, 0.15) is 11.2 Å². The van der Waals surface area contributed by atoms with E-state index < -0.39 is 23.4 Å². The molecule has 0 fully saturated rings. The van der Waals surface area contributed by atoms with E-state index in [4.69, 9.17) is 9.47 Å². The van der Waals surface area contributed by atoms with E-state index in [-0.39, 0.29) is 5.96 Å². The Kier molecular flexibility index (Phi) is 7.39. The molecule has 0 unspecified atom stereocenters. The Hall–Kier alpha value is -2.57. The quantitative estimate of drug-likeness (QED) is 0.616. The number of nitrogens with zero attached hydrogens (tertiary/aromatic N) is 2. The fourth-order valence-electron chi connectivity index (χ4n) is 2.02. The third-order valence-electron chi connectivity index (χ3n) is 3.11. The molecule has 0 atom stereocenters. The average Bonchev–Trinajstić information content (AvgIpc) is 2.45. The van der Waals surface area contributed by atoms with Crippen LogP contribution >= 0.6 is 0 Å². The first kappa shape index (κ1) is 22.5. The summed E-state index contributed by atoms with van der Waals surface area (Å²) >= 11 is 0. The highest BCUT2D eigenvalue weighted by Gasteiger charge is 2.22. The highest BCUT2D eigenvalue weighted by molar-refractivity contribution is 5.98. The number of amides is 2. The highest BCUT2D eigenvalue weighted by atomic mass is 16.6. The summed E-state index contributed by atoms with van der Waals surface area (Å²) in [5, 5.41) is 2.54. The first-order valence-corrected chi connectivity index (χ1v) is 8.83. The normalized spacial score (nSPS) is 12.4. The molecule has 0 aliphatic carbocycles. The first-order valence-electron chi connectivity index (χ1n) is 8.83. The lowest BCUT2D eigenvalue weighted by Crippen LogP contribution is -2.44. The number of hydrogen-bond acceptors (Lipinski definition) is 4. The van der Waals surface area contributed by atoms with Gasteiger partial charge in [-0.2, -0.15) is 0 Å². The van der Waals surface area contributed by atoms with Crippen molar-refractivity contribution in [2.75, 3.05) is 7.05 Å². The maximum Gasteiger partial charge on any atom is 0.437 e. The van der Waals surface area contributed by atoms with Crippen molar-refractivity contribution in [2.45, 2.75) is 66.2 Å². The Morgan fingerprint density at radius 1 is 1.00 bits per heavy atom. The smallest absolute Gasteiger partial charge is 0.437 e. The van der Waals surface area contributed by atoms with Crippen LogP contribution in [0.5, 0.6) is 0 Å². The van der Waals surface area contributed by atoms with Gasteiger partial charge >= 0.3 is 12.2 Å². The Labute approximate surface area is 161 Å². The van der Waals surface area contributed by atoms with Gasteiger partial charge in [-0.05, 0) is 54.0 Å². The summed E-state index contributed by atoms with van der Waals surface area (Å²) in [5.41, 5.74) is 0.797. The molecule has 1 N–H and O–H groups in total. The lowest BCUT2D eigenvalue weighted by molar-refractivity contribution is 0.0555. The number of nitrogens with one attached hydrogen (secondary N) is 1. The number of guanidine groups is 1. The van der Waals surface area contributed by atoms with Crippen molar-refractivity contribution >= 4 is 18.1 Å². The predicted molar refractivity (Wildman–Crippen MR) is 106 cm³/mol. The van der Waals surface area contributed by atoms with E-state index >= 15 is 0 Å². The van der Waals surface area contributed by atoms with Crippen molar-refractivity contribution in [1.82, 2.24) is 10.2 Å². The lowest BCUT2D eigenvalue weighted by atomic mass is 10.1. The molecule has 0 aromatic heterocycles. The number of alkyl carbamates (subject to hydrolysis) is 1. The van der Waals surface area contributed by atoms with Gasteiger partial charge in [0.05, 0.1) is 0 Å². The summed E-state index contributed by atoms with van der Waals surface area (Å²) in [7, 11) is 1.72. The summed E-state index contributed by atoms with van der Waals surface area (Å²) in [4.78, 5) is 29.8. The van der Waals surface area contributed by atoms with Gasteiger partial charge in [-0.1, -0.05) is 29.8 Å². The van der Waals surface area contributed by atoms with Gasteiger partial charge in [0.15, 0.2) is 0 Å². The van der Waals surface area contributed by atoms with Crippen LogP contribution in [0.25, 0.3) is 0 Å². The minimum atomic E-state index is -0.788. The molecule has 0 aliphatic heterocycles. The molecule has 0 heterocycles. The summed E-state index contributed by atoms with van der Waals surface area (Å²) in [6.07, 6.45) is -1.48. The molecule has 2 amide bonds. The SMILES string of the molecule is Cc1ccc(CN(C)/C(=N/C(=O)OC(C)(C)C)NC(=O)OC(C)(C)C)cc1. The van der Waals surface area contributed by atoms with E-state index in [9.17, 15) is 9.59 Å². The molecule has 0 spiro atoms. The number of ether oxygens (including phenoxy) is 2. The Bertz CT molecular complexity index is 683. The van der Waals surface area contributed by atoms with Crippen LogP contribution < -0.4 is 5.32 Å². The zero-order chi connectivity index (χ0) is 20.8. The standard InChI is InChI=1S/C20H31N3O4/c1-14-9-11-15(12-10-14)13-23(8)16(21-17(24)26-19(2,3)4)22-18(25)27-20(5,6)7/h9-12H,13H2,1-8H3,(H,21,22,24,25). The zero-order valence-corrected chi connectivity index (χ0v) is 17.5. The van der Waals surface area contributed by atoms with Crippen LogP contribution in [-0.2, 0) is 16.0 Å². The third kappa shape index (κ3) is 9.63. The molecular formula is C20H31N3O4. The van der Waals surface area contributed by atoms with Gasteiger partial charge in [-0.25, -0.2) is 9.59 Å². The van der Waals surface area contributed by atoms with Crippen LogP contribution in [0.2, 0.25) is 0 Å². The van der Waals surface area contributed by atoms with Crippen molar-refractivity contribution in [3.05, 3.63) is 35.4 Å². The van der Waals surface area contributed by atoms with Crippen LogP contribution in [0, 0.1) is 6.92 Å². The van der Waals surface area contributed by atoms with Gasteiger partial charge in [0.2, 0.25) is 5.96 Å². The van der Waals surface area contributed by atoms with Crippen LogP contribution in [0.4, 0.5) is 9.59 Å². The van der Waals surface area contributed by atoms with E-state index in [1.54, 1.807) is 53.5 Å². The van der Waals surface area contributed by atoms with Crippen molar-refractivity contribution in [1.29, 1.82) is 0 Å². The van der Waals surface area contributed by atoms with E-state index in [1.165, 1.54) is 0 Å². The zero-order valence-electron chi connectivity index (χ0n) is 17.5.